The maximum Gasteiger partial charge on any atom is 0.341 e. The highest BCUT2D eigenvalue weighted by molar-refractivity contribution is 5.92. The maximum atomic E-state index is 11.9. The van der Waals surface area contributed by atoms with E-state index in [4.69, 9.17) is 18.9 Å². The van der Waals surface area contributed by atoms with Gasteiger partial charge in [0.1, 0.15) is 17.9 Å². The minimum atomic E-state index is -0.400. The molecule has 0 saturated heterocycles. The Labute approximate surface area is 125 Å². The highest BCUT2D eigenvalue weighted by Gasteiger charge is 2.14. The summed E-state index contributed by atoms with van der Waals surface area (Å²) in [5.41, 5.74) is 1.28. The Bertz CT molecular complexity index is 456. The van der Waals surface area contributed by atoms with E-state index >= 15 is 0 Å². The van der Waals surface area contributed by atoms with Crippen molar-refractivity contribution in [3.8, 4) is 5.75 Å². The van der Waals surface area contributed by atoms with Crippen molar-refractivity contribution < 1.29 is 23.7 Å². The molecule has 0 saturated carbocycles. The number of benzene rings is 1. The highest BCUT2D eigenvalue weighted by Crippen LogP contribution is 2.22. The Morgan fingerprint density at radius 2 is 2.00 bits per heavy atom. The Balaban J connectivity index is 2.64. The van der Waals surface area contributed by atoms with Crippen molar-refractivity contribution in [1.82, 2.24) is 0 Å². The lowest BCUT2D eigenvalue weighted by molar-refractivity contribution is 0.0493. The van der Waals surface area contributed by atoms with E-state index in [1.54, 1.807) is 38.3 Å². The molecule has 5 nitrogen and oxygen atoms in total. The molecule has 1 aromatic carbocycles. The predicted molar refractivity (Wildman–Crippen MR) is 80.7 cm³/mol. The van der Waals surface area contributed by atoms with Crippen molar-refractivity contribution in [1.29, 1.82) is 0 Å². The number of rotatable bonds is 10. The fourth-order valence-corrected chi connectivity index (χ4v) is 1.62. The molecule has 0 atom stereocenters. The third kappa shape index (κ3) is 5.97. The predicted octanol–water partition coefficient (Wildman–Crippen LogP) is 2.55. The molecule has 0 amide bonds. The Morgan fingerprint density at radius 3 is 2.67 bits per heavy atom. The molecule has 0 unspecified atom stereocenters. The molecule has 0 spiro atoms. The number of ether oxygens (including phenoxy) is 4. The number of carbonyl (C=O) groups is 1. The van der Waals surface area contributed by atoms with Crippen LogP contribution in [0.2, 0.25) is 0 Å². The van der Waals surface area contributed by atoms with E-state index in [0.717, 1.165) is 5.56 Å². The summed E-state index contributed by atoms with van der Waals surface area (Å²) in [6, 6.07) is 5.23. The molecule has 0 bridgehead atoms. The van der Waals surface area contributed by atoms with Crippen LogP contribution in [-0.2, 0) is 14.2 Å². The van der Waals surface area contributed by atoms with Crippen LogP contribution in [0.3, 0.4) is 0 Å². The van der Waals surface area contributed by atoms with Gasteiger partial charge in [0.05, 0.1) is 26.4 Å². The average molecular weight is 294 g/mol. The van der Waals surface area contributed by atoms with Gasteiger partial charge >= 0.3 is 5.97 Å². The lowest BCUT2D eigenvalue weighted by atomic mass is 10.1. The monoisotopic (exact) mass is 294 g/mol. The third-order valence-electron chi connectivity index (χ3n) is 2.65. The molecule has 0 aliphatic carbocycles. The van der Waals surface area contributed by atoms with Gasteiger partial charge in [-0.05, 0) is 24.6 Å². The van der Waals surface area contributed by atoms with Crippen LogP contribution in [0.4, 0.5) is 0 Å². The largest absolute Gasteiger partial charge is 0.490 e. The smallest absolute Gasteiger partial charge is 0.341 e. The molecule has 0 aliphatic rings. The second-order valence-corrected chi connectivity index (χ2v) is 4.13. The van der Waals surface area contributed by atoms with E-state index < -0.39 is 5.97 Å². The van der Waals surface area contributed by atoms with Crippen molar-refractivity contribution in [3.05, 3.63) is 35.9 Å². The molecule has 21 heavy (non-hydrogen) atoms. The number of hydrogen-bond donors (Lipinski definition) is 0. The number of carbonyl (C=O) groups excluding carboxylic acids is 1. The first-order chi connectivity index (χ1) is 10.2. The summed E-state index contributed by atoms with van der Waals surface area (Å²) in [6.07, 6.45) is 1.69. The van der Waals surface area contributed by atoms with Gasteiger partial charge < -0.3 is 18.9 Å². The van der Waals surface area contributed by atoms with E-state index in [9.17, 15) is 4.79 Å². The molecule has 5 heteroatoms. The van der Waals surface area contributed by atoms with Crippen LogP contribution in [0.1, 0.15) is 22.8 Å². The van der Waals surface area contributed by atoms with Gasteiger partial charge in [-0.2, -0.15) is 0 Å². The van der Waals surface area contributed by atoms with Gasteiger partial charge in [0, 0.05) is 7.11 Å². The first-order valence-corrected chi connectivity index (χ1v) is 6.86. The van der Waals surface area contributed by atoms with Gasteiger partial charge in [-0.15, -0.1) is 0 Å². The molecular formula is C16H22O5. The second kappa shape index (κ2) is 9.96. The molecule has 0 radical (unpaired) electrons. The van der Waals surface area contributed by atoms with Crippen LogP contribution < -0.4 is 4.74 Å². The highest BCUT2D eigenvalue weighted by atomic mass is 16.5. The topological polar surface area (TPSA) is 54.0 Å². The SMILES string of the molecule is C=Cc1ccc(C(=O)OCC)c(OCCOCCOC)c1. The van der Waals surface area contributed by atoms with Crippen molar-refractivity contribution in [2.45, 2.75) is 6.92 Å². The van der Waals surface area contributed by atoms with Crippen molar-refractivity contribution in [3.63, 3.8) is 0 Å². The van der Waals surface area contributed by atoms with Crippen LogP contribution in [0.25, 0.3) is 6.08 Å². The summed E-state index contributed by atoms with van der Waals surface area (Å²) in [5.74, 6) is 0.0737. The third-order valence-corrected chi connectivity index (χ3v) is 2.65. The summed E-state index contributed by atoms with van der Waals surface area (Å²) in [6.45, 7) is 7.61. The molecule has 0 aromatic heterocycles. The Hall–Kier alpha value is -1.85. The zero-order chi connectivity index (χ0) is 15.5. The molecule has 0 fully saturated rings. The second-order valence-electron chi connectivity index (χ2n) is 4.13. The molecule has 0 aliphatic heterocycles. The average Bonchev–Trinajstić information content (AvgIpc) is 2.50. The van der Waals surface area contributed by atoms with Crippen LogP contribution >= 0.6 is 0 Å². The van der Waals surface area contributed by atoms with E-state index in [1.807, 2.05) is 0 Å². The van der Waals surface area contributed by atoms with Crippen molar-refractivity contribution >= 4 is 12.0 Å². The van der Waals surface area contributed by atoms with E-state index in [-0.39, 0.29) is 0 Å². The quantitative estimate of drug-likeness (QED) is 0.490. The molecule has 116 valence electrons. The first-order valence-electron chi connectivity index (χ1n) is 6.86. The van der Waals surface area contributed by atoms with Gasteiger partial charge in [0.2, 0.25) is 0 Å². The van der Waals surface area contributed by atoms with Crippen molar-refractivity contribution in [2.75, 3.05) is 40.1 Å². The molecule has 0 N–H and O–H groups in total. The van der Waals surface area contributed by atoms with Crippen LogP contribution in [0.5, 0.6) is 5.75 Å². The molecular weight excluding hydrogens is 272 g/mol. The first kappa shape index (κ1) is 17.2. The fraction of sp³-hybridized carbons (Fsp3) is 0.438. The van der Waals surface area contributed by atoms with Gasteiger partial charge in [0.25, 0.3) is 0 Å². The number of esters is 1. The molecule has 0 heterocycles. The summed E-state index contributed by atoms with van der Waals surface area (Å²) >= 11 is 0. The van der Waals surface area contributed by atoms with Crippen molar-refractivity contribution in [2.24, 2.45) is 0 Å². The van der Waals surface area contributed by atoms with Crippen LogP contribution in [0, 0.1) is 0 Å². The maximum absolute atomic E-state index is 11.9. The van der Waals surface area contributed by atoms with Crippen LogP contribution in [-0.4, -0.2) is 46.1 Å². The van der Waals surface area contributed by atoms with Crippen LogP contribution in [0.15, 0.2) is 24.8 Å². The summed E-state index contributed by atoms with van der Waals surface area (Å²) in [5, 5.41) is 0. The lowest BCUT2D eigenvalue weighted by Crippen LogP contribution is -2.13. The minimum Gasteiger partial charge on any atom is -0.490 e. The van der Waals surface area contributed by atoms with Gasteiger partial charge in [-0.1, -0.05) is 18.7 Å². The fourth-order valence-electron chi connectivity index (χ4n) is 1.62. The molecule has 1 rings (SSSR count). The normalized spacial score (nSPS) is 10.2. The summed E-state index contributed by atoms with van der Waals surface area (Å²) < 4.78 is 20.8. The lowest BCUT2D eigenvalue weighted by Gasteiger charge is -2.12. The summed E-state index contributed by atoms with van der Waals surface area (Å²) in [4.78, 5) is 11.9. The summed E-state index contributed by atoms with van der Waals surface area (Å²) in [7, 11) is 1.62. The minimum absolute atomic E-state index is 0.321. The number of hydrogen-bond acceptors (Lipinski definition) is 5. The van der Waals surface area contributed by atoms with E-state index in [1.165, 1.54) is 0 Å². The Kier molecular flexibility index (Phi) is 8.16. The number of methoxy groups -OCH3 is 1. The van der Waals surface area contributed by atoms with Gasteiger partial charge in [0.15, 0.2) is 0 Å². The molecule has 1 aromatic rings. The zero-order valence-electron chi connectivity index (χ0n) is 12.6. The Morgan fingerprint density at radius 1 is 1.24 bits per heavy atom. The zero-order valence-corrected chi connectivity index (χ0v) is 12.6. The van der Waals surface area contributed by atoms with E-state index in [2.05, 4.69) is 6.58 Å². The van der Waals surface area contributed by atoms with Gasteiger partial charge in [-0.25, -0.2) is 4.79 Å². The standard InChI is InChI=1S/C16H22O5/c1-4-13-6-7-14(16(17)20-5-2)15(12-13)21-11-10-19-9-8-18-3/h4,6-7,12H,1,5,8-11H2,2-3H3. The van der Waals surface area contributed by atoms with E-state index in [0.29, 0.717) is 44.3 Å². The van der Waals surface area contributed by atoms with Gasteiger partial charge in [-0.3, -0.25) is 0 Å².